The molecular weight excluding hydrogens is 152 g/mol. The predicted molar refractivity (Wildman–Crippen MR) is 47.7 cm³/mol. The molecule has 62 valence electrons. The van der Waals surface area contributed by atoms with E-state index in [1.807, 2.05) is 12.3 Å². The zero-order valence-electron chi connectivity index (χ0n) is 6.83. The lowest BCUT2D eigenvalue weighted by Gasteiger charge is -1.94. The van der Waals surface area contributed by atoms with E-state index in [9.17, 15) is 0 Å². The molecule has 12 heavy (non-hydrogen) atoms. The highest BCUT2D eigenvalue weighted by atomic mass is 15.2. The Morgan fingerprint density at radius 1 is 1.58 bits per heavy atom. The Morgan fingerprint density at radius 2 is 2.42 bits per heavy atom. The van der Waals surface area contributed by atoms with E-state index in [1.165, 1.54) is 5.56 Å². The summed E-state index contributed by atoms with van der Waals surface area (Å²) in [7, 11) is 0. The number of nitrogens with one attached hydrogen (secondary N) is 1. The lowest BCUT2D eigenvalue weighted by Crippen LogP contribution is -1.86. The van der Waals surface area contributed by atoms with E-state index in [0.29, 0.717) is 5.82 Å². The van der Waals surface area contributed by atoms with Crippen LogP contribution in [0.3, 0.4) is 0 Å². The van der Waals surface area contributed by atoms with Crippen LogP contribution in [0, 0.1) is 0 Å². The second-order valence-electron chi connectivity index (χ2n) is 2.70. The summed E-state index contributed by atoms with van der Waals surface area (Å²) in [5, 5.41) is 7.53. The maximum atomic E-state index is 5.62. The number of aromatic amines is 1. The van der Waals surface area contributed by atoms with Crippen molar-refractivity contribution >= 4 is 16.9 Å². The summed E-state index contributed by atoms with van der Waals surface area (Å²) < 4.78 is 0. The van der Waals surface area contributed by atoms with Crippen molar-refractivity contribution in [2.45, 2.75) is 13.3 Å². The van der Waals surface area contributed by atoms with E-state index in [1.54, 1.807) is 0 Å². The third-order valence-electron chi connectivity index (χ3n) is 1.91. The normalized spacial score (nSPS) is 10.8. The van der Waals surface area contributed by atoms with Crippen LogP contribution in [0.15, 0.2) is 12.3 Å². The molecule has 0 radical (unpaired) electrons. The molecule has 0 saturated heterocycles. The molecule has 0 aliphatic heterocycles. The molecule has 0 spiro atoms. The smallest absolute Gasteiger partial charge is 0.157 e. The van der Waals surface area contributed by atoms with E-state index in [4.69, 9.17) is 5.73 Å². The minimum atomic E-state index is 0.521. The standard InChI is InChI=1S/C8H10N4/c1-2-5-3-6-7(9)11-12-8(6)10-4-5/h3-4H,2H2,1H3,(H3,9,10,11,12). The number of hydrogen-bond donors (Lipinski definition) is 2. The van der Waals surface area contributed by atoms with Crippen molar-refractivity contribution in [1.29, 1.82) is 0 Å². The summed E-state index contributed by atoms with van der Waals surface area (Å²) in [5.41, 5.74) is 7.55. The maximum absolute atomic E-state index is 5.62. The van der Waals surface area contributed by atoms with Gasteiger partial charge in [0, 0.05) is 6.20 Å². The third-order valence-corrected chi connectivity index (χ3v) is 1.91. The van der Waals surface area contributed by atoms with Gasteiger partial charge in [0.2, 0.25) is 0 Å². The number of fused-ring (bicyclic) bond motifs is 1. The Bertz CT molecular complexity index is 404. The minimum absolute atomic E-state index is 0.521. The van der Waals surface area contributed by atoms with Gasteiger partial charge in [0.25, 0.3) is 0 Å². The van der Waals surface area contributed by atoms with Gasteiger partial charge in [0.15, 0.2) is 11.5 Å². The summed E-state index contributed by atoms with van der Waals surface area (Å²) in [6.45, 7) is 2.08. The van der Waals surface area contributed by atoms with Gasteiger partial charge in [0.1, 0.15) is 0 Å². The fraction of sp³-hybridized carbons (Fsp3) is 0.250. The summed E-state index contributed by atoms with van der Waals surface area (Å²) in [6, 6.07) is 2.02. The van der Waals surface area contributed by atoms with Crippen molar-refractivity contribution < 1.29 is 0 Å². The van der Waals surface area contributed by atoms with E-state index in [2.05, 4.69) is 22.1 Å². The van der Waals surface area contributed by atoms with E-state index in [-0.39, 0.29) is 0 Å². The van der Waals surface area contributed by atoms with E-state index >= 15 is 0 Å². The number of nitrogens with two attached hydrogens (primary N) is 1. The van der Waals surface area contributed by atoms with Crippen LogP contribution in [-0.2, 0) is 6.42 Å². The van der Waals surface area contributed by atoms with Crippen LogP contribution >= 0.6 is 0 Å². The van der Waals surface area contributed by atoms with Crippen LogP contribution in [-0.4, -0.2) is 15.2 Å². The first-order valence-electron chi connectivity index (χ1n) is 3.89. The highest BCUT2D eigenvalue weighted by Crippen LogP contribution is 2.16. The molecular formula is C8H10N4. The molecule has 0 aliphatic carbocycles. The molecule has 2 aromatic rings. The quantitative estimate of drug-likeness (QED) is 0.659. The number of hydrogen-bond acceptors (Lipinski definition) is 3. The van der Waals surface area contributed by atoms with Gasteiger partial charge >= 0.3 is 0 Å². The molecule has 0 bridgehead atoms. The third kappa shape index (κ3) is 0.922. The van der Waals surface area contributed by atoms with Crippen LogP contribution in [0.2, 0.25) is 0 Å². The highest BCUT2D eigenvalue weighted by molar-refractivity contribution is 5.85. The molecule has 0 saturated carbocycles. The summed E-state index contributed by atoms with van der Waals surface area (Å²) in [5.74, 6) is 0.521. The molecule has 4 nitrogen and oxygen atoms in total. The van der Waals surface area contributed by atoms with Crippen molar-refractivity contribution in [2.75, 3.05) is 5.73 Å². The molecule has 2 aromatic heterocycles. The number of pyridine rings is 1. The lowest BCUT2D eigenvalue weighted by molar-refractivity contribution is 1.09. The fourth-order valence-electron chi connectivity index (χ4n) is 1.16. The Hall–Kier alpha value is -1.58. The summed E-state index contributed by atoms with van der Waals surface area (Å²) in [4.78, 5) is 4.17. The Labute approximate surface area is 69.8 Å². The first-order valence-corrected chi connectivity index (χ1v) is 3.89. The van der Waals surface area contributed by atoms with Crippen LogP contribution in [0.5, 0.6) is 0 Å². The van der Waals surface area contributed by atoms with Crippen molar-refractivity contribution in [3.63, 3.8) is 0 Å². The number of aromatic nitrogens is 3. The Balaban J connectivity index is 2.71. The zero-order chi connectivity index (χ0) is 8.55. The molecule has 0 unspecified atom stereocenters. The van der Waals surface area contributed by atoms with Crippen LogP contribution in [0.25, 0.3) is 11.0 Å². The van der Waals surface area contributed by atoms with Gasteiger partial charge in [-0.25, -0.2) is 4.98 Å². The first-order chi connectivity index (χ1) is 5.81. The van der Waals surface area contributed by atoms with Crippen molar-refractivity contribution in [3.05, 3.63) is 17.8 Å². The SMILES string of the molecule is CCc1cnc2[nH]nc(N)c2c1. The fourth-order valence-corrected chi connectivity index (χ4v) is 1.16. The second kappa shape index (κ2) is 2.48. The molecule has 2 rings (SSSR count). The zero-order valence-corrected chi connectivity index (χ0v) is 6.83. The molecule has 0 aliphatic rings. The predicted octanol–water partition coefficient (Wildman–Crippen LogP) is 1.10. The minimum Gasteiger partial charge on any atom is -0.382 e. The summed E-state index contributed by atoms with van der Waals surface area (Å²) in [6.07, 6.45) is 2.80. The van der Waals surface area contributed by atoms with Crippen LogP contribution < -0.4 is 5.73 Å². The van der Waals surface area contributed by atoms with Crippen molar-refractivity contribution in [1.82, 2.24) is 15.2 Å². The van der Waals surface area contributed by atoms with Gasteiger partial charge in [0.05, 0.1) is 5.39 Å². The molecule has 2 heterocycles. The molecule has 0 aromatic carbocycles. The van der Waals surface area contributed by atoms with Gasteiger partial charge in [-0.05, 0) is 18.1 Å². The van der Waals surface area contributed by atoms with Gasteiger partial charge in [-0.1, -0.05) is 6.92 Å². The van der Waals surface area contributed by atoms with E-state index < -0.39 is 0 Å². The van der Waals surface area contributed by atoms with Crippen molar-refractivity contribution in [2.24, 2.45) is 0 Å². The second-order valence-corrected chi connectivity index (χ2v) is 2.70. The molecule has 3 N–H and O–H groups in total. The van der Waals surface area contributed by atoms with E-state index in [0.717, 1.165) is 17.5 Å². The lowest BCUT2D eigenvalue weighted by atomic mass is 10.2. The largest absolute Gasteiger partial charge is 0.382 e. The first kappa shape index (κ1) is 7.09. The molecule has 0 amide bonds. The van der Waals surface area contributed by atoms with Crippen LogP contribution in [0.1, 0.15) is 12.5 Å². The number of nitrogens with zero attached hydrogens (tertiary/aromatic N) is 2. The van der Waals surface area contributed by atoms with Gasteiger partial charge in [-0.15, -0.1) is 0 Å². The Morgan fingerprint density at radius 3 is 3.17 bits per heavy atom. The number of aryl methyl sites for hydroxylation is 1. The average Bonchev–Trinajstić information content (AvgIpc) is 2.47. The average molecular weight is 162 g/mol. The van der Waals surface area contributed by atoms with Gasteiger partial charge < -0.3 is 5.73 Å². The number of rotatable bonds is 1. The molecule has 0 fully saturated rings. The number of nitrogen functional groups attached to an aromatic ring is 1. The van der Waals surface area contributed by atoms with Crippen LogP contribution in [0.4, 0.5) is 5.82 Å². The topological polar surface area (TPSA) is 67.6 Å². The highest BCUT2D eigenvalue weighted by Gasteiger charge is 2.02. The maximum Gasteiger partial charge on any atom is 0.157 e. The summed E-state index contributed by atoms with van der Waals surface area (Å²) >= 11 is 0. The number of H-pyrrole nitrogens is 1. The monoisotopic (exact) mass is 162 g/mol. The number of anilines is 1. The Kier molecular flexibility index (Phi) is 1.46. The van der Waals surface area contributed by atoms with Gasteiger partial charge in [-0.2, -0.15) is 5.10 Å². The van der Waals surface area contributed by atoms with Gasteiger partial charge in [-0.3, -0.25) is 5.10 Å². The molecule has 4 heteroatoms. The van der Waals surface area contributed by atoms with Crippen molar-refractivity contribution in [3.8, 4) is 0 Å². The molecule has 0 atom stereocenters.